The van der Waals surface area contributed by atoms with Crippen molar-refractivity contribution in [2.45, 2.75) is 6.92 Å². The van der Waals surface area contributed by atoms with Gasteiger partial charge in [0.1, 0.15) is 0 Å². The van der Waals surface area contributed by atoms with Crippen LogP contribution >= 0.6 is 0 Å². The van der Waals surface area contributed by atoms with Gasteiger partial charge in [-0.2, -0.15) is 5.17 Å². The molecule has 0 aromatic rings. The van der Waals surface area contributed by atoms with E-state index in [0.29, 0.717) is 0 Å². The van der Waals surface area contributed by atoms with Crippen molar-refractivity contribution in [2.75, 3.05) is 0 Å². The number of nitrogens with one attached hydrogen (secondary N) is 2. The molecule has 7 heavy (non-hydrogen) atoms. The van der Waals surface area contributed by atoms with E-state index in [1.165, 1.54) is 0 Å². The van der Waals surface area contributed by atoms with Gasteiger partial charge < -0.3 is 5.43 Å². The van der Waals surface area contributed by atoms with Crippen LogP contribution in [0.2, 0.25) is 0 Å². The normalized spacial score (nSPS) is 19.1. The molecule has 40 valence electrons. The molecule has 1 aliphatic heterocycles. The Morgan fingerprint density at radius 2 is 2.57 bits per heavy atom. The quantitative estimate of drug-likeness (QED) is 0.387. The molecule has 3 N–H and O–H groups in total. The van der Waals surface area contributed by atoms with E-state index in [1.54, 1.807) is 13.1 Å². The minimum Gasteiger partial charge on any atom is -0.307 e. The summed E-state index contributed by atoms with van der Waals surface area (Å²) in [7, 11) is 0. The molecule has 0 aromatic carbocycles. The molecule has 0 atom stereocenters. The lowest BCUT2D eigenvalue weighted by Crippen LogP contribution is -2.33. The highest BCUT2D eigenvalue weighted by Crippen LogP contribution is 1.95. The third-order valence-electron chi connectivity index (χ3n) is 0.786. The Kier molecular flexibility index (Phi) is 0.883. The lowest BCUT2D eigenvalue weighted by Gasteiger charge is -2.06. The minimum atomic E-state index is 0.750. The Labute approximate surface area is 41.3 Å². The molecule has 0 aromatic heterocycles. The van der Waals surface area contributed by atoms with Gasteiger partial charge in [0.2, 0.25) is 0 Å². The molecule has 0 saturated heterocycles. The molecule has 0 radical (unpaired) electrons. The first-order chi connectivity index (χ1) is 3.30. The number of hydroxylamine groups is 1. The van der Waals surface area contributed by atoms with Gasteiger partial charge in [0.25, 0.3) is 0 Å². The summed E-state index contributed by atoms with van der Waals surface area (Å²) in [5.74, 6) is 0. The van der Waals surface area contributed by atoms with Crippen LogP contribution in [0.5, 0.6) is 0 Å². The molecule has 4 heteroatoms. The summed E-state index contributed by atoms with van der Waals surface area (Å²) in [6.07, 6.45) is 1.65. The third-order valence-corrected chi connectivity index (χ3v) is 0.786. The molecular weight excluding hydrogens is 94.1 g/mol. The van der Waals surface area contributed by atoms with Crippen LogP contribution in [-0.4, -0.2) is 10.4 Å². The zero-order valence-corrected chi connectivity index (χ0v) is 3.97. The fourth-order valence-corrected chi connectivity index (χ4v) is 0.347. The summed E-state index contributed by atoms with van der Waals surface area (Å²) >= 11 is 0. The lowest BCUT2D eigenvalue weighted by molar-refractivity contribution is -0.0989. The molecule has 4 nitrogen and oxygen atoms in total. The van der Waals surface area contributed by atoms with Crippen LogP contribution in [0, 0.1) is 0 Å². The monoisotopic (exact) mass is 101 g/mol. The summed E-state index contributed by atoms with van der Waals surface area (Å²) in [5.41, 5.74) is 5.75. The van der Waals surface area contributed by atoms with Crippen molar-refractivity contribution in [3.63, 3.8) is 0 Å². The van der Waals surface area contributed by atoms with Gasteiger partial charge in [0.05, 0.1) is 5.70 Å². The first kappa shape index (κ1) is 4.42. The van der Waals surface area contributed by atoms with E-state index in [2.05, 4.69) is 11.0 Å². The summed E-state index contributed by atoms with van der Waals surface area (Å²) in [5, 5.41) is 9.49. The van der Waals surface area contributed by atoms with Crippen molar-refractivity contribution in [1.29, 1.82) is 0 Å². The van der Waals surface area contributed by atoms with Gasteiger partial charge in [-0.1, -0.05) is 0 Å². The van der Waals surface area contributed by atoms with E-state index in [-0.39, 0.29) is 0 Å². The van der Waals surface area contributed by atoms with E-state index in [1.807, 2.05) is 0 Å². The second kappa shape index (κ2) is 1.40. The maximum atomic E-state index is 8.59. The molecule has 0 spiro atoms. The average molecular weight is 101 g/mol. The van der Waals surface area contributed by atoms with E-state index in [0.717, 1.165) is 10.9 Å². The van der Waals surface area contributed by atoms with Crippen LogP contribution in [0.25, 0.3) is 0 Å². The molecule has 0 saturated carbocycles. The van der Waals surface area contributed by atoms with Crippen LogP contribution in [0.3, 0.4) is 0 Å². The molecule has 0 unspecified atom stereocenters. The summed E-state index contributed by atoms with van der Waals surface area (Å²) < 4.78 is 0. The topological polar surface area (TPSA) is 47.5 Å². The molecular formula is C3H7N3O. The molecule has 1 rings (SSSR count). The van der Waals surface area contributed by atoms with Crippen molar-refractivity contribution >= 4 is 0 Å². The van der Waals surface area contributed by atoms with Crippen molar-refractivity contribution in [3.05, 3.63) is 11.9 Å². The fraction of sp³-hybridized carbons (Fsp3) is 0.333. The summed E-state index contributed by atoms with van der Waals surface area (Å²) in [4.78, 5) is 0. The van der Waals surface area contributed by atoms with E-state index < -0.39 is 0 Å². The van der Waals surface area contributed by atoms with Crippen molar-refractivity contribution in [2.24, 2.45) is 0 Å². The van der Waals surface area contributed by atoms with E-state index in [9.17, 15) is 0 Å². The van der Waals surface area contributed by atoms with Crippen LogP contribution in [-0.2, 0) is 0 Å². The average Bonchev–Trinajstić information content (AvgIpc) is 1.91. The zero-order chi connectivity index (χ0) is 5.28. The van der Waals surface area contributed by atoms with Gasteiger partial charge in [0.15, 0.2) is 0 Å². The summed E-state index contributed by atoms with van der Waals surface area (Å²) in [6, 6.07) is 0. The Hall–Kier alpha value is -0.740. The SMILES string of the molecule is CC1=CNNN1O. The van der Waals surface area contributed by atoms with E-state index in [4.69, 9.17) is 5.21 Å². The predicted molar refractivity (Wildman–Crippen MR) is 23.7 cm³/mol. The standard InChI is InChI=1S/C3H7N3O/c1-3-2-4-5-6(3)7/h2,4-5,7H,1H3. The van der Waals surface area contributed by atoms with Crippen molar-refractivity contribution in [1.82, 2.24) is 16.1 Å². The molecule has 1 heterocycles. The first-order valence-corrected chi connectivity index (χ1v) is 1.97. The van der Waals surface area contributed by atoms with Crippen molar-refractivity contribution < 1.29 is 5.21 Å². The van der Waals surface area contributed by atoms with Gasteiger partial charge in [-0.05, 0) is 6.92 Å². The molecule has 1 aliphatic rings. The molecule has 0 amide bonds. The zero-order valence-electron chi connectivity index (χ0n) is 3.97. The van der Waals surface area contributed by atoms with Gasteiger partial charge in [0, 0.05) is 6.20 Å². The van der Waals surface area contributed by atoms with Crippen LogP contribution in [0.4, 0.5) is 0 Å². The number of rotatable bonds is 0. The number of hydrogen-bond acceptors (Lipinski definition) is 4. The van der Waals surface area contributed by atoms with Gasteiger partial charge in [-0.25, -0.2) is 0 Å². The Balaban J connectivity index is 2.54. The molecule has 0 fully saturated rings. The summed E-state index contributed by atoms with van der Waals surface area (Å²) in [6.45, 7) is 1.77. The number of hydrogen-bond donors (Lipinski definition) is 3. The van der Waals surface area contributed by atoms with Crippen LogP contribution in [0.1, 0.15) is 6.92 Å². The van der Waals surface area contributed by atoms with E-state index >= 15 is 0 Å². The van der Waals surface area contributed by atoms with Gasteiger partial charge >= 0.3 is 0 Å². The molecule has 0 bridgehead atoms. The Morgan fingerprint density at radius 3 is 2.71 bits per heavy atom. The highest BCUT2D eigenvalue weighted by Gasteiger charge is 2.03. The second-order valence-corrected chi connectivity index (χ2v) is 1.35. The first-order valence-electron chi connectivity index (χ1n) is 1.97. The third kappa shape index (κ3) is 0.652. The van der Waals surface area contributed by atoms with Crippen LogP contribution in [0.15, 0.2) is 11.9 Å². The number of hydrazine groups is 2. The largest absolute Gasteiger partial charge is 0.307 e. The maximum Gasteiger partial charge on any atom is 0.0753 e. The maximum absolute atomic E-state index is 8.59. The van der Waals surface area contributed by atoms with Crippen LogP contribution < -0.4 is 11.0 Å². The number of allylic oxidation sites excluding steroid dienone is 1. The number of nitrogens with zero attached hydrogens (tertiary/aromatic N) is 1. The highest BCUT2D eigenvalue weighted by molar-refractivity contribution is 4.93. The second-order valence-electron chi connectivity index (χ2n) is 1.35. The Bertz CT molecular complexity index is 100. The smallest absolute Gasteiger partial charge is 0.0753 e. The van der Waals surface area contributed by atoms with Gasteiger partial charge in [-0.15, -0.1) is 5.53 Å². The van der Waals surface area contributed by atoms with Crippen molar-refractivity contribution in [3.8, 4) is 0 Å². The molecule has 0 aliphatic carbocycles. The van der Waals surface area contributed by atoms with Gasteiger partial charge in [-0.3, -0.25) is 5.21 Å². The Morgan fingerprint density at radius 1 is 1.86 bits per heavy atom. The minimum absolute atomic E-state index is 0.750. The lowest BCUT2D eigenvalue weighted by atomic mass is 10.6. The predicted octanol–water partition coefficient (Wildman–Crippen LogP) is -0.438. The highest BCUT2D eigenvalue weighted by atomic mass is 16.6. The fourth-order valence-electron chi connectivity index (χ4n) is 0.347.